The van der Waals surface area contributed by atoms with E-state index in [0.29, 0.717) is 18.7 Å². The predicted octanol–water partition coefficient (Wildman–Crippen LogP) is 2.44. The van der Waals surface area contributed by atoms with E-state index in [1.165, 1.54) is 5.56 Å². The fourth-order valence-corrected chi connectivity index (χ4v) is 3.99. The number of amides is 3. The molecule has 0 fully saturated rings. The van der Waals surface area contributed by atoms with Gasteiger partial charge in [-0.2, -0.15) is 0 Å². The van der Waals surface area contributed by atoms with Gasteiger partial charge in [-0.1, -0.05) is 37.6 Å². The zero-order chi connectivity index (χ0) is 19.7. The van der Waals surface area contributed by atoms with Crippen molar-refractivity contribution in [3.05, 3.63) is 46.2 Å². The highest BCUT2D eigenvalue weighted by Gasteiger charge is 2.43. The standard InChI is InChI=1S/C21H30N4O2/c1-6-24(7-2)10-11-25-13-17-18(20(25)26)19(22-21(27)23(17)5)16-9-8-14(3)12-15(16)4/h8-9,12,19H,6-7,10-11,13H2,1-5H3,(H,22,27). The molecule has 1 aromatic rings. The van der Waals surface area contributed by atoms with Gasteiger partial charge in [0.2, 0.25) is 0 Å². The van der Waals surface area contributed by atoms with Gasteiger partial charge in [-0.15, -0.1) is 0 Å². The first kappa shape index (κ1) is 19.4. The molecule has 1 N–H and O–H groups in total. The van der Waals surface area contributed by atoms with Crippen molar-refractivity contribution < 1.29 is 9.59 Å². The Bertz CT molecular complexity index is 782. The summed E-state index contributed by atoms with van der Waals surface area (Å²) < 4.78 is 0. The van der Waals surface area contributed by atoms with Crippen LogP contribution in [-0.2, 0) is 4.79 Å². The van der Waals surface area contributed by atoms with Gasteiger partial charge in [-0.25, -0.2) is 4.79 Å². The molecule has 3 rings (SSSR count). The van der Waals surface area contributed by atoms with Crippen LogP contribution in [0.3, 0.4) is 0 Å². The minimum absolute atomic E-state index is 0.0361. The first-order valence-corrected chi connectivity index (χ1v) is 9.73. The highest BCUT2D eigenvalue weighted by Crippen LogP contribution is 2.36. The summed E-state index contributed by atoms with van der Waals surface area (Å²) in [6.45, 7) is 12.3. The number of urea groups is 1. The van der Waals surface area contributed by atoms with E-state index in [1.54, 1.807) is 11.9 Å². The van der Waals surface area contributed by atoms with Gasteiger partial charge in [0, 0.05) is 20.1 Å². The number of nitrogens with one attached hydrogen (secondary N) is 1. The van der Waals surface area contributed by atoms with Crippen molar-refractivity contribution in [1.82, 2.24) is 20.0 Å². The Morgan fingerprint density at radius 2 is 1.89 bits per heavy atom. The Labute approximate surface area is 161 Å². The van der Waals surface area contributed by atoms with Crippen molar-refractivity contribution in [1.29, 1.82) is 0 Å². The number of benzene rings is 1. The van der Waals surface area contributed by atoms with Crippen LogP contribution in [-0.4, -0.2) is 66.4 Å². The van der Waals surface area contributed by atoms with Crippen LogP contribution >= 0.6 is 0 Å². The minimum Gasteiger partial charge on any atom is -0.332 e. The number of nitrogens with zero attached hydrogens (tertiary/aromatic N) is 3. The summed E-state index contributed by atoms with van der Waals surface area (Å²) in [4.78, 5) is 31.5. The fraction of sp³-hybridized carbons (Fsp3) is 0.524. The number of likely N-dealkylation sites (N-methyl/N-ethyl adjacent to an activating group) is 2. The number of carbonyl (C=O) groups is 2. The molecule has 1 atom stereocenters. The molecule has 6 heteroatoms. The summed E-state index contributed by atoms with van der Waals surface area (Å²) in [5.74, 6) is 0.0361. The van der Waals surface area contributed by atoms with Gasteiger partial charge in [-0.05, 0) is 38.1 Å². The van der Waals surface area contributed by atoms with Gasteiger partial charge in [0.1, 0.15) is 0 Å². The van der Waals surface area contributed by atoms with E-state index >= 15 is 0 Å². The van der Waals surface area contributed by atoms with Gasteiger partial charge < -0.3 is 15.1 Å². The Kier molecular flexibility index (Phi) is 5.56. The molecule has 0 aliphatic carbocycles. The summed E-state index contributed by atoms with van der Waals surface area (Å²) in [6.07, 6.45) is 0. The lowest BCUT2D eigenvalue weighted by molar-refractivity contribution is -0.126. The average molecular weight is 370 g/mol. The minimum atomic E-state index is -0.379. The monoisotopic (exact) mass is 370 g/mol. The van der Waals surface area contributed by atoms with E-state index < -0.39 is 0 Å². The first-order valence-electron chi connectivity index (χ1n) is 9.73. The fourth-order valence-electron chi connectivity index (χ4n) is 3.99. The van der Waals surface area contributed by atoms with Gasteiger partial charge in [0.25, 0.3) is 5.91 Å². The Hall–Kier alpha value is -2.34. The normalized spacial score (nSPS) is 19.9. The molecule has 2 aliphatic heterocycles. The lowest BCUT2D eigenvalue weighted by atomic mass is 9.91. The van der Waals surface area contributed by atoms with Crippen LogP contribution in [0.4, 0.5) is 4.79 Å². The largest absolute Gasteiger partial charge is 0.332 e. The number of aryl methyl sites for hydroxylation is 2. The summed E-state index contributed by atoms with van der Waals surface area (Å²) in [7, 11) is 1.74. The highest BCUT2D eigenvalue weighted by atomic mass is 16.2. The summed E-state index contributed by atoms with van der Waals surface area (Å²) in [6, 6.07) is 5.62. The maximum atomic E-state index is 13.2. The highest BCUT2D eigenvalue weighted by molar-refractivity contribution is 6.01. The zero-order valence-electron chi connectivity index (χ0n) is 17.0. The molecule has 1 unspecified atom stereocenters. The molecule has 0 spiro atoms. The quantitative estimate of drug-likeness (QED) is 0.837. The number of hydrogen-bond acceptors (Lipinski definition) is 3. The molecule has 146 valence electrons. The van der Waals surface area contributed by atoms with Gasteiger partial charge >= 0.3 is 6.03 Å². The maximum Gasteiger partial charge on any atom is 0.322 e. The van der Waals surface area contributed by atoms with E-state index in [4.69, 9.17) is 0 Å². The molecule has 0 saturated carbocycles. The van der Waals surface area contributed by atoms with E-state index in [2.05, 4.69) is 30.1 Å². The lowest BCUT2D eigenvalue weighted by Crippen LogP contribution is -2.45. The van der Waals surface area contributed by atoms with Crippen LogP contribution in [0.1, 0.15) is 36.6 Å². The van der Waals surface area contributed by atoms with E-state index in [-0.39, 0.29) is 18.0 Å². The third-order valence-corrected chi connectivity index (χ3v) is 5.75. The van der Waals surface area contributed by atoms with Gasteiger partial charge in [-0.3, -0.25) is 9.69 Å². The molecule has 0 bridgehead atoms. The van der Waals surface area contributed by atoms with Crippen molar-refractivity contribution in [3.63, 3.8) is 0 Å². The van der Waals surface area contributed by atoms with Crippen LogP contribution in [0.5, 0.6) is 0 Å². The molecule has 0 saturated heterocycles. The van der Waals surface area contributed by atoms with E-state index in [9.17, 15) is 9.59 Å². The Balaban J connectivity index is 1.90. The summed E-state index contributed by atoms with van der Waals surface area (Å²) >= 11 is 0. The van der Waals surface area contributed by atoms with Crippen molar-refractivity contribution in [2.45, 2.75) is 33.7 Å². The number of rotatable bonds is 6. The van der Waals surface area contributed by atoms with Crippen LogP contribution in [0.15, 0.2) is 29.5 Å². The molecule has 2 aliphatic rings. The molecule has 27 heavy (non-hydrogen) atoms. The first-order chi connectivity index (χ1) is 12.9. The molecule has 0 radical (unpaired) electrons. The van der Waals surface area contributed by atoms with Crippen molar-refractivity contribution in [2.75, 3.05) is 39.8 Å². The second-order valence-corrected chi connectivity index (χ2v) is 7.42. The number of carbonyl (C=O) groups excluding carboxylic acids is 2. The smallest absolute Gasteiger partial charge is 0.322 e. The van der Waals surface area contributed by atoms with Crippen molar-refractivity contribution in [3.8, 4) is 0 Å². The average Bonchev–Trinajstić information content (AvgIpc) is 2.96. The third-order valence-electron chi connectivity index (χ3n) is 5.75. The van der Waals surface area contributed by atoms with Crippen LogP contribution in [0.25, 0.3) is 0 Å². The van der Waals surface area contributed by atoms with E-state index in [1.807, 2.05) is 30.9 Å². The van der Waals surface area contributed by atoms with Crippen LogP contribution in [0.2, 0.25) is 0 Å². The molecular weight excluding hydrogens is 340 g/mol. The molecule has 3 amide bonds. The predicted molar refractivity (Wildman–Crippen MR) is 106 cm³/mol. The third kappa shape index (κ3) is 3.58. The van der Waals surface area contributed by atoms with Crippen LogP contribution in [0, 0.1) is 13.8 Å². The van der Waals surface area contributed by atoms with Gasteiger partial charge in [0.15, 0.2) is 0 Å². The Morgan fingerprint density at radius 3 is 2.52 bits per heavy atom. The molecule has 1 aromatic carbocycles. The summed E-state index contributed by atoms with van der Waals surface area (Å²) in [5.41, 5.74) is 4.79. The summed E-state index contributed by atoms with van der Waals surface area (Å²) in [5, 5.41) is 3.02. The molecule has 2 heterocycles. The number of hydrogen-bond donors (Lipinski definition) is 1. The SMILES string of the molecule is CCN(CC)CCN1CC2=C(C1=O)C(c1ccc(C)cc1C)NC(=O)N2C. The molecule has 6 nitrogen and oxygen atoms in total. The van der Waals surface area contributed by atoms with Crippen molar-refractivity contribution >= 4 is 11.9 Å². The zero-order valence-corrected chi connectivity index (χ0v) is 17.0. The van der Waals surface area contributed by atoms with Crippen molar-refractivity contribution in [2.24, 2.45) is 0 Å². The Morgan fingerprint density at radius 1 is 1.19 bits per heavy atom. The second-order valence-electron chi connectivity index (χ2n) is 7.42. The lowest BCUT2D eigenvalue weighted by Gasteiger charge is -2.31. The van der Waals surface area contributed by atoms with Crippen LogP contribution < -0.4 is 5.32 Å². The maximum absolute atomic E-state index is 13.2. The second kappa shape index (κ2) is 7.72. The molecule has 0 aromatic heterocycles. The van der Waals surface area contributed by atoms with Gasteiger partial charge in [0.05, 0.1) is 23.9 Å². The topological polar surface area (TPSA) is 55.9 Å². The van der Waals surface area contributed by atoms with E-state index in [0.717, 1.165) is 36.5 Å². The molecular formula is C21H30N4O2.